The number of para-hydroxylation sites is 1. The van der Waals surface area contributed by atoms with Crippen LogP contribution in [0.2, 0.25) is 5.02 Å². The van der Waals surface area contributed by atoms with Crippen LogP contribution in [0.3, 0.4) is 0 Å². The van der Waals surface area contributed by atoms with Gasteiger partial charge in [0.2, 0.25) is 0 Å². The Morgan fingerprint density at radius 2 is 1.81 bits per heavy atom. The largest absolute Gasteiger partial charge is 0.469 e. The second kappa shape index (κ2) is 8.92. The number of amides is 1. The van der Waals surface area contributed by atoms with Gasteiger partial charge in [0.05, 0.1) is 22.7 Å². The number of halogens is 4. The van der Waals surface area contributed by atoms with Crippen LogP contribution in [-0.4, -0.2) is 22.2 Å². The number of carbonyl (C=O) groups excluding carboxylic acids is 1. The molecule has 0 unspecified atom stereocenters. The minimum Gasteiger partial charge on any atom is -0.469 e. The molecule has 0 atom stereocenters. The number of aromatic nitrogens is 2. The van der Waals surface area contributed by atoms with Crippen LogP contribution in [0.1, 0.15) is 21.8 Å². The van der Waals surface area contributed by atoms with Crippen LogP contribution >= 0.6 is 11.6 Å². The summed E-state index contributed by atoms with van der Waals surface area (Å²) < 4.78 is 46.4. The zero-order chi connectivity index (χ0) is 22.7. The predicted octanol–water partition coefficient (Wildman–Crippen LogP) is 5.78. The Kier molecular flexibility index (Phi) is 6.05. The third-order valence-corrected chi connectivity index (χ3v) is 5.08. The summed E-state index contributed by atoms with van der Waals surface area (Å²) in [6.07, 6.45) is -2.50. The molecule has 9 heteroatoms. The maximum atomic E-state index is 13.3. The summed E-state index contributed by atoms with van der Waals surface area (Å²) in [4.78, 5) is 12.4. The average Bonchev–Trinajstić information content (AvgIpc) is 3.44. The molecule has 0 bridgehead atoms. The van der Waals surface area contributed by atoms with Crippen LogP contribution in [0.5, 0.6) is 0 Å². The van der Waals surface area contributed by atoms with E-state index in [1.165, 1.54) is 0 Å². The summed E-state index contributed by atoms with van der Waals surface area (Å²) in [6.45, 7) is 0.391. The van der Waals surface area contributed by atoms with Crippen LogP contribution in [0.4, 0.5) is 13.2 Å². The molecule has 0 saturated carbocycles. The molecule has 32 heavy (non-hydrogen) atoms. The van der Waals surface area contributed by atoms with E-state index in [0.717, 1.165) is 16.5 Å². The van der Waals surface area contributed by atoms with Crippen molar-refractivity contribution in [3.05, 3.63) is 95.0 Å². The van der Waals surface area contributed by atoms with Crippen molar-refractivity contribution in [2.75, 3.05) is 6.54 Å². The number of benzene rings is 2. The van der Waals surface area contributed by atoms with Crippen LogP contribution in [0.25, 0.3) is 16.9 Å². The van der Waals surface area contributed by atoms with Gasteiger partial charge < -0.3 is 9.73 Å². The maximum absolute atomic E-state index is 13.3. The van der Waals surface area contributed by atoms with E-state index in [1.807, 2.05) is 6.07 Å². The van der Waals surface area contributed by atoms with Gasteiger partial charge in [0.25, 0.3) is 5.91 Å². The van der Waals surface area contributed by atoms with E-state index in [4.69, 9.17) is 16.0 Å². The smallest absolute Gasteiger partial charge is 0.435 e. The predicted molar refractivity (Wildman–Crippen MR) is 114 cm³/mol. The Morgan fingerprint density at radius 1 is 1.06 bits per heavy atom. The van der Waals surface area contributed by atoms with E-state index in [1.54, 1.807) is 60.9 Å². The maximum Gasteiger partial charge on any atom is 0.435 e. The molecule has 1 N–H and O–H groups in total. The van der Waals surface area contributed by atoms with Crippen LogP contribution in [-0.2, 0) is 12.6 Å². The number of hydrogen-bond donors (Lipinski definition) is 1. The molecular weight excluding hydrogens is 443 g/mol. The molecule has 2 aromatic carbocycles. The molecule has 164 valence electrons. The number of hydrogen-bond acceptors (Lipinski definition) is 3. The highest BCUT2D eigenvalue weighted by atomic mass is 35.5. The van der Waals surface area contributed by atoms with Crippen molar-refractivity contribution in [2.24, 2.45) is 0 Å². The quantitative estimate of drug-likeness (QED) is 0.398. The lowest BCUT2D eigenvalue weighted by Gasteiger charge is -2.10. The first kappa shape index (κ1) is 21.7. The summed E-state index contributed by atoms with van der Waals surface area (Å²) in [5.74, 6) is 0.465. The van der Waals surface area contributed by atoms with Crippen LogP contribution in [0.15, 0.2) is 77.4 Å². The third kappa shape index (κ3) is 4.70. The van der Waals surface area contributed by atoms with Crippen molar-refractivity contribution >= 4 is 17.5 Å². The second-order valence-corrected chi connectivity index (χ2v) is 7.35. The van der Waals surface area contributed by atoms with Gasteiger partial charge in [0.1, 0.15) is 5.76 Å². The Bertz CT molecular complexity index is 1220. The first-order valence-corrected chi connectivity index (χ1v) is 10.0. The SMILES string of the molecule is O=C(NCCc1ccco1)c1ccc(-c2cc(C(F)(F)F)nn2-c2ccccc2Cl)cc1. The average molecular weight is 460 g/mol. The summed E-state index contributed by atoms with van der Waals surface area (Å²) >= 11 is 6.19. The molecule has 0 saturated heterocycles. The topological polar surface area (TPSA) is 60.1 Å². The van der Waals surface area contributed by atoms with Crippen molar-refractivity contribution in [3.8, 4) is 16.9 Å². The van der Waals surface area contributed by atoms with Crippen molar-refractivity contribution in [3.63, 3.8) is 0 Å². The monoisotopic (exact) mass is 459 g/mol. The summed E-state index contributed by atoms with van der Waals surface area (Å²) in [5.41, 5.74) is 0.329. The highest BCUT2D eigenvalue weighted by Gasteiger charge is 2.35. The van der Waals surface area contributed by atoms with Gasteiger partial charge in [-0.15, -0.1) is 0 Å². The minimum atomic E-state index is -4.62. The van der Waals surface area contributed by atoms with E-state index >= 15 is 0 Å². The van der Waals surface area contributed by atoms with Crippen LogP contribution < -0.4 is 5.32 Å². The molecule has 0 spiro atoms. The van der Waals surface area contributed by atoms with E-state index in [2.05, 4.69) is 10.4 Å². The molecule has 0 aliphatic heterocycles. The normalized spacial score (nSPS) is 11.5. The number of alkyl halides is 3. The van der Waals surface area contributed by atoms with E-state index in [-0.39, 0.29) is 16.6 Å². The molecule has 0 aliphatic carbocycles. The molecule has 0 aliphatic rings. The molecule has 4 rings (SSSR count). The molecule has 2 aromatic heterocycles. The van der Waals surface area contributed by atoms with E-state index < -0.39 is 11.9 Å². The highest BCUT2D eigenvalue weighted by molar-refractivity contribution is 6.32. The number of nitrogens with zero attached hydrogens (tertiary/aromatic N) is 2. The first-order chi connectivity index (χ1) is 15.3. The molecule has 1 amide bonds. The van der Waals surface area contributed by atoms with Crippen molar-refractivity contribution < 1.29 is 22.4 Å². The highest BCUT2D eigenvalue weighted by Crippen LogP contribution is 2.34. The van der Waals surface area contributed by atoms with Gasteiger partial charge in [-0.05, 0) is 42.5 Å². The lowest BCUT2D eigenvalue weighted by atomic mass is 10.1. The third-order valence-electron chi connectivity index (χ3n) is 4.76. The first-order valence-electron chi connectivity index (χ1n) is 9.66. The van der Waals surface area contributed by atoms with Gasteiger partial charge in [0.15, 0.2) is 5.69 Å². The lowest BCUT2D eigenvalue weighted by Crippen LogP contribution is -2.25. The van der Waals surface area contributed by atoms with E-state index in [0.29, 0.717) is 29.8 Å². The van der Waals surface area contributed by atoms with Gasteiger partial charge in [-0.2, -0.15) is 18.3 Å². The Morgan fingerprint density at radius 3 is 2.47 bits per heavy atom. The fourth-order valence-electron chi connectivity index (χ4n) is 3.18. The summed E-state index contributed by atoms with van der Waals surface area (Å²) in [6, 6.07) is 17.3. The fourth-order valence-corrected chi connectivity index (χ4v) is 3.40. The molecule has 5 nitrogen and oxygen atoms in total. The number of carbonyl (C=O) groups is 1. The lowest BCUT2D eigenvalue weighted by molar-refractivity contribution is -0.141. The van der Waals surface area contributed by atoms with Gasteiger partial charge in [0, 0.05) is 24.1 Å². The van der Waals surface area contributed by atoms with Crippen molar-refractivity contribution in [2.45, 2.75) is 12.6 Å². The molecular formula is C23H17ClF3N3O2. The standard InChI is InChI=1S/C23H17ClF3N3O2/c24-18-5-1-2-6-19(18)30-20(14-21(29-30)23(25,26)27)15-7-9-16(10-8-15)22(31)28-12-11-17-4-3-13-32-17/h1-10,13-14H,11-12H2,(H,28,31). The number of nitrogens with one attached hydrogen (secondary N) is 1. The Labute approximate surface area is 186 Å². The fraction of sp³-hybridized carbons (Fsp3) is 0.130. The van der Waals surface area contributed by atoms with Gasteiger partial charge >= 0.3 is 6.18 Å². The van der Waals surface area contributed by atoms with E-state index in [9.17, 15) is 18.0 Å². The summed E-state index contributed by atoms with van der Waals surface area (Å²) in [7, 11) is 0. The second-order valence-electron chi connectivity index (χ2n) is 6.94. The molecule has 0 fully saturated rings. The van der Waals surface area contributed by atoms with Gasteiger partial charge in [-0.25, -0.2) is 4.68 Å². The zero-order valence-electron chi connectivity index (χ0n) is 16.6. The number of rotatable bonds is 6. The van der Waals surface area contributed by atoms with Gasteiger partial charge in [-0.1, -0.05) is 35.9 Å². The minimum absolute atomic E-state index is 0.204. The van der Waals surface area contributed by atoms with Crippen molar-refractivity contribution in [1.29, 1.82) is 0 Å². The summed E-state index contributed by atoms with van der Waals surface area (Å²) in [5, 5.41) is 6.78. The number of furan rings is 1. The Hall–Kier alpha value is -3.52. The molecule has 2 heterocycles. The zero-order valence-corrected chi connectivity index (χ0v) is 17.3. The Balaban J connectivity index is 1.58. The van der Waals surface area contributed by atoms with Crippen LogP contribution in [0, 0.1) is 0 Å². The van der Waals surface area contributed by atoms with Gasteiger partial charge in [-0.3, -0.25) is 4.79 Å². The van der Waals surface area contributed by atoms with Crippen molar-refractivity contribution in [1.82, 2.24) is 15.1 Å². The molecule has 4 aromatic rings. The molecule has 0 radical (unpaired) electrons.